The normalized spacial score (nSPS) is 14.6. The zero-order chi connectivity index (χ0) is 16.5. The number of guanidine groups is 1. The van der Waals surface area contributed by atoms with E-state index in [4.69, 9.17) is 4.74 Å². The highest BCUT2D eigenvalue weighted by Crippen LogP contribution is 2.28. The van der Waals surface area contributed by atoms with E-state index in [1.807, 2.05) is 18.9 Å². The minimum absolute atomic E-state index is 0.0204. The monoisotopic (exact) mass is 310 g/mol. The number of likely N-dealkylation sites (N-methyl/N-ethyl adjacent to an activating group) is 2. The van der Waals surface area contributed by atoms with Gasteiger partial charge in [-0.05, 0) is 25.7 Å². The number of hydrogen-bond donors (Lipinski definition) is 1. The van der Waals surface area contributed by atoms with E-state index in [9.17, 15) is 4.79 Å². The second kappa shape index (κ2) is 9.46. The summed E-state index contributed by atoms with van der Waals surface area (Å²) in [5, 5.41) is 3.23. The van der Waals surface area contributed by atoms with Crippen LogP contribution in [0.25, 0.3) is 0 Å². The van der Waals surface area contributed by atoms with E-state index >= 15 is 0 Å². The molecular formula is C16H30N4O2. The maximum absolute atomic E-state index is 11.7. The highest BCUT2D eigenvalue weighted by atomic mass is 16.5. The lowest BCUT2D eigenvalue weighted by atomic mass is 10.3. The first-order chi connectivity index (χ1) is 10.4. The maximum atomic E-state index is 11.7. The number of rotatable bonds is 9. The largest absolute Gasteiger partial charge is 0.379 e. The summed E-state index contributed by atoms with van der Waals surface area (Å²) in [6.07, 6.45) is 2.60. The van der Waals surface area contributed by atoms with Crippen molar-refractivity contribution in [1.29, 1.82) is 0 Å². The Balaban J connectivity index is 2.44. The van der Waals surface area contributed by atoms with Gasteiger partial charge < -0.3 is 19.9 Å². The third-order valence-electron chi connectivity index (χ3n) is 3.39. The maximum Gasteiger partial charge on any atom is 0.243 e. The van der Waals surface area contributed by atoms with Crippen LogP contribution in [0.1, 0.15) is 19.8 Å². The first-order valence-electron chi connectivity index (χ1n) is 7.82. The van der Waals surface area contributed by atoms with Crippen molar-refractivity contribution in [1.82, 2.24) is 15.1 Å². The topological polar surface area (TPSA) is 57.2 Å². The number of aliphatic imine (C=N–C) groups is 1. The van der Waals surface area contributed by atoms with Gasteiger partial charge in [-0.25, -0.2) is 4.99 Å². The second-order valence-corrected chi connectivity index (χ2v) is 6.18. The Labute approximate surface area is 134 Å². The molecule has 0 bridgehead atoms. The van der Waals surface area contributed by atoms with Gasteiger partial charge in [0.2, 0.25) is 5.91 Å². The van der Waals surface area contributed by atoms with Gasteiger partial charge in [-0.1, -0.05) is 12.2 Å². The molecule has 1 saturated carbocycles. The van der Waals surface area contributed by atoms with E-state index < -0.39 is 0 Å². The molecule has 1 N–H and O–H groups in total. The summed E-state index contributed by atoms with van der Waals surface area (Å²) in [5.41, 5.74) is 1.02. The molecule has 0 aromatic heterocycles. The summed E-state index contributed by atoms with van der Waals surface area (Å²) in [5.74, 6) is 1.46. The standard InChI is InChI=1S/C16H30N4O2/c1-13(2)10-17-16(18-11-15(21)19(3)4)20(5)8-9-22-12-14-6-7-14/h14H,1,6-12H2,2-5H3,(H,17,18). The van der Waals surface area contributed by atoms with Crippen molar-refractivity contribution in [3.8, 4) is 0 Å². The lowest BCUT2D eigenvalue weighted by Gasteiger charge is -2.22. The average Bonchev–Trinajstić information content (AvgIpc) is 3.26. The number of carbonyl (C=O) groups excluding carboxylic acids is 1. The fraction of sp³-hybridized carbons (Fsp3) is 0.750. The van der Waals surface area contributed by atoms with E-state index in [1.54, 1.807) is 19.0 Å². The van der Waals surface area contributed by atoms with Crippen molar-refractivity contribution in [2.45, 2.75) is 19.8 Å². The van der Waals surface area contributed by atoms with Gasteiger partial charge in [-0.15, -0.1) is 0 Å². The van der Waals surface area contributed by atoms with Crippen molar-refractivity contribution in [2.75, 3.05) is 54.0 Å². The van der Waals surface area contributed by atoms with Crippen molar-refractivity contribution in [3.05, 3.63) is 12.2 Å². The fourth-order valence-corrected chi connectivity index (χ4v) is 1.67. The number of hydrogen-bond acceptors (Lipinski definition) is 3. The molecule has 0 unspecified atom stereocenters. The number of carbonyl (C=O) groups is 1. The fourth-order valence-electron chi connectivity index (χ4n) is 1.67. The smallest absolute Gasteiger partial charge is 0.243 e. The Bertz CT molecular complexity index is 403. The van der Waals surface area contributed by atoms with E-state index in [-0.39, 0.29) is 12.5 Å². The van der Waals surface area contributed by atoms with Crippen LogP contribution in [-0.2, 0) is 9.53 Å². The van der Waals surface area contributed by atoms with Crippen molar-refractivity contribution >= 4 is 11.9 Å². The van der Waals surface area contributed by atoms with Gasteiger partial charge in [0, 0.05) is 40.8 Å². The van der Waals surface area contributed by atoms with E-state index in [0.717, 1.165) is 24.6 Å². The molecule has 0 aliphatic heterocycles. The number of amides is 1. The summed E-state index contributed by atoms with van der Waals surface area (Å²) in [6, 6.07) is 0. The van der Waals surface area contributed by atoms with Crippen LogP contribution in [0.15, 0.2) is 17.1 Å². The molecular weight excluding hydrogens is 280 g/mol. The molecule has 1 amide bonds. The van der Waals surface area contributed by atoms with Crippen LogP contribution in [0.4, 0.5) is 0 Å². The van der Waals surface area contributed by atoms with Gasteiger partial charge in [0.25, 0.3) is 0 Å². The minimum Gasteiger partial charge on any atom is -0.379 e. The molecule has 0 aromatic rings. The quantitative estimate of drug-likeness (QED) is 0.298. The van der Waals surface area contributed by atoms with Crippen LogP contribution >= 0.6 is 0 Å². The molecule has 0 heterocycles. The SMILES string of the molecule is C=C(C)CNC(=NCC(=O)N(C)C)N(C)CCOCC1CC1. The molecule has 0 spiro atoms. The second-order valence-electron chi connectivity index (χ2n) is 6.18. The summed E-state index contributed by atoms with van der Waals surface area (Å²) >= 11 is 0. The Morgan fingerprint density at radius 3 is 2.59 bits per heavy atom. The third-order valence-corrected chi connectivity index (χ3v) is 3.39. The molecule has 0 aromatic carbocycles. The van der Waals surface area contributed by atoms with Gasteiger partial charge in [0.05, 0.1) is 6.61 Å². The minimum atomic E-state index is -0.0204. The Morgan fingerprint density at radius 1 is 1.36 bits per heavy atom. The summed E-state index contributed by atoms with van der Waals surface area (Å²) < 4.78 is 5.65. The highest BCUT2D eigenvalue weighted by Gasteiger charge is 2.21. The van der Waals surface area contributed by atoms with Crippen molar-refractivity contribution < 1.29 is 9.53 Å². The zero-order valence-corrected chi connectivity index (χ0v) is 14.4. The Kier molecular flexibility index (Phi) is 7.95. The van der Waals surface area contributed by atoms with Crippen LogP contribution in [0.3, 0.4) is 0 Å². The molecule has 0 radical (unpaired) electrons. The molecule has 6 nitrogen and oxygen atoms in total. The number of nitrogens with one attached hydrogen (secondary N) is 1. The zero-order valence-electron chi connectivity index (χ0n) is 14.4. The summed E-state index contributed by atoms with van der Waals surface area (Å²) in [4.78, 5) is 19.6. The molecule has 126 valence electrons. The molecule has 1 aliphatic carbocycles. The van der Waals surface area contributed by atoms with E-state index in [1.165, 1.54) is 12.8 Å². The van der Waals surface area contributed by atoms with Gasteiger partial charge in [0.15, 0.2) is 5.96 Å². The molecule has 1 rings (SSSR count). The van der Waals surface area contributed by atoms with Crippen LogP contribution in [0, 0.1) is 5.92 Å². The Morgan fingerprint density at radius 2 is 2.05 bits per heavy atom. The predicted octanol–water partition coefficient (Wildman–Crippen LogP) is 0.955. The van der Waals surface area contributed by atoms with Gasteiger partial charge >= 0.3 is 0 Å². The molecule has 22 heavy (non-hydrogen) atoms. The summed E-state index contributed by atoms with van der Waals surface area (Å²) in [6.45, 7) is 8.88. The van der Waals surface area contributed by atoms with Crippen LogP contribution in [0.2, 0.25) is 0 Å². The van der Waals surface area contributed by atoms with Crippen molar-refractivity contribution in [3.63, 3.8) is 0 Å². The first-order valence-corrected chi connectivity index (χ1v) is 7.82. The molecule has 1 aliphatic rings. The van der Waals surface area contributed by atoms with Crippen LogP contribution in [0.5, 0.6) is 0 Å². The van der Waals surface area contributed by atoms with E-state index in [0.29, 0.717) is 19.1 Å². The lowest BCUT2D eigenvalue weighted by molar-refractivity contribution is -0.127. The van der Waals surface area contributed by atoms with Gasteiger partial charge in [-0.2, -0.15) is 0 Å². The average molecular weight is 310 g/mol. The lowest BCUT2D eigenvalue weighted by Crippen LogP contribution is -2.42. The van der Waals surface area contributed by atoms with Crippen LogP contribution in [-0.4, -0.2) is 75.7 Å². The predicted molar refractivity (Wildman–Crippen MR) is 90.0 cm³/mol. The van der Waals surface area contributed by atoms with Crippen molar-refractivity contribution in [2.24, 2.45) is 10.9 Å². The third kappa shape index (κ3) is 8.02. The van der Waals surface area contributed by atoms with Gasteiger partial charge in [-0.3, -0.25) is 4.79 Å². The van der Waals surface area contributed by atoms with Gasteiger partial charge in [0.1, 0.15) is 6.54 Å². The summed E-state index contributed by atoms with van der Waals surface area (Å²) in [7, 11) is 5.41. The number of nitrogens with zero attached hydrogens (tertiary/aromatic N) is 3. The highest BCUT2D eigenvalue weighted by molar-refractivity contribution is 5.84. The Hall–Kier alpha value is -1.56. The number of ether oxygens (including phenoxy) is 1. The molecule has 0 saturated heterocycles. The molecule has 1 fully saturated rings. The van der Waals surface area contributed by atoms with Crippen LogP contribution < -0.4 is 5.32 Å². The molecule has 6 heteroatoms. The first kappa shape index (κ1) is 18.5. The van der Waals surface area contributed by atoms with E-state index in [2.05, 4.69) is 16.9 Å². The molecule has 0 atom stereocenters.